The van der Waals surface area contributed by atoms with Crippen molar-refractivity contribution in [3.05, 3.63) is 21.1 Å². The minimum absolute atomic E-state index is 0.0958. The molecule has 98 valence electrons. The number of hydrogen-bond acceptors (Lipinski definition) is 4. The number of carbonyl (C=O) groups is 1. The number of anilines is 1. The highest BCUT2D eigenvalue weighted by atomic mass is 35.5. The van der Waals surface area contributed by atoms with Gasteiger partial charge in [0.15, 0.2) is 0 Å². The molecule has 0 aliphatic carbocycles. The van der Waals surface area contributed by atoms with Crippen LogP contribution in [0.15, 0.2) is 4.79 Å². The molecule has 0 spiro atoms. The van der Waals surface area contributed by atoms with E-state index in [1.54, 1.807) is 6.92 Å². The summed E-state index contributed by atoms with van der Waals surface area (Å²) in [6.45, 7) is 2.86. The number of H-pyrrole nitrogens is 1. The fraction of sp³-hybridized carbons (Fsp3) is 0.500. The number of carboxylic acid groups (broad SMARTS) is 1. The first kappa shape index (κ1) is 12.7. The van der Waals surface area contributed by atoms with Gasteiger partial charge in [-0.15, -0.1) is 0 Å². The van der Waals surface area contributed by atoms with Gasteiger partial charge in [-0.05, 0) is 13.3 Å². The van der Waals surface area contributed by atoms with Crippen molar-refractivity contribution in [2.45, 2.75) is 19.4 Å². The van der Waals surface area contributed by atoms with Crippen molar-refractivity contribution >= 4 is 23.4 Å². The summed E-state index contributed by atoms with van der Waals surface area (Å²) in [6.07, 6.45) is -0.372. The molecular formula is C10H13ClN4O3. The van der Waals surface area contributed by atoms with Crippen molar-refractivity contribution in [3.8, 4) is 0 Å². The van der Waals surface area contributed by atoms with E-state index in [-0.39, 0.29) is 11.1 Å². The lowest BCUT2D eigenvalue weighted by atomic mass is 10.3. The van der Waals surface area contributed by atoms with Gasteiger partial charge in [-0.3, -0.25) is 4.79 Å². The molecule has 1 atom stereocenters. The van der Waals surface area contributed by atoms with Crippen LogP contribution in [0.3, 0.4) is 0 Å². The van der Waals surface area contributed by atoms with E-state index in [0.717, 1.165) is 0 Å². The molecule has 1 aromatic heterocycles. The highest BCUT2D eigenvalue weighted by molar-refractivity contribution is 6.33. The molecule has 18 heavy (non-hydrogen) atoms. The number of aryl methyl sites for hydroxylation is 1. The topological polar surface area (TPSA) is 98.3 Å². The first-order chi connectivity index (χ1) is 8.49. The van der Waals surface area contributed by atoms with Crippen LogP contribution in [0, 0.1) is 6.92 Å². The van der Waals surface area contributed by atoms with E-state index in [4.69, 9.17) is 16.7 Å². The van der Waals surface area contributed by atoms with Crippen molar-refractivity contribution in [2.24, 2.45) is 0 Å². The fourth-order valence-electron chi connectivity index (χ4n) is 2.13. The quantitative estimate of drug-likeness (QED) is 0.731. The number of halogens is 1. The molecule has 0 radical (unpaired) electrons. The smallest absolute Gasteiger partial charge is 0.404 e. The largest absolute Gasteiger partial charge is 0.465 e. The summed E-state index contributed by atoms with van der Waals surface area (Å²) in [5, 5.41) is 17.3. The molecule has 2 rings (SSSR count). The fourth-order valence-corrected chi connectivity index (χ4v) is 2.42. The van der Waals surface area contributed by atoms with Gasteiger partial charge in [0.05, 0.1) is 17.4 Å². The van der Waals surface area contributed by atoms with Crippen LogP contribution in [0.1, 0.15) is 12.1 Å². The molecule has 1 aliphatic rings. The Labute approximate surface area is 108 Å². The lowest BCUT2D eigenvalue weighted by molar-refractivity contribution is 0.191. The number of aromatic nitrogens is 2. The Kier molecular flexibility index (Phi) is 3.42. The Morgan fingerprint density at radius 3 is 3.06 bits per heavy atom. The summed E-state index contributed by atoms with van der Waals surface area (Å²) in [5.41, 5.74) is 0.762. The molecule has 1 aromatic rings. The van der Waals surface area contributed by atoms with Gasteiger partial charge in [0, 0.05) is 13.1 Å². The summed E-state index contributed by atoms with van der Waals surface area (Å²) in [7, 11) is 0. The molecule has 1 amide bonds. The van der Waals surface area contributed by atoms with Crippen LogP contribution in [-0.4, -0.2) is 40.5 Å². The van der Waals surface area contributed by atoms with Gasteiger partial charge in [0.2, 0.25) is 0 Å². The summed E-state index contributed by atoms with van der Waals surface area (Å²) in [5.74, 6) is 0. The maximum atomic E-state index is 11.4. The SMILES string of the molecule is Cc1n[nH]c(=O)c(Cl)c1N1CCC(NC(=O)O)C1. The van der Waals surface area contributed by atoms with E-state index >= 15 is 0 Å². The number of amides is 1. The van der Waals surface area contributed by atoms with Gasteiger partial charge in [-0.25, -0.2) is 9.89 Å². The molecule has 1 unspecified atom stereocenters. The van der Waals surface area contributed by atoms with Crippen LogP contribution in [-0.2, 0) is 0 Å². The Morgan fingerprint density at radius 2 is 2.39 bits per heavy atom. The van der Waals surface area contributed by atoms with Crippen LogP contribution in [0.5, 0.6) is 0 Å². The van der Waals surface area contributed by atoms with Gasteiger partial charge >= 0.3 is 6.09 Å². The molecule has 1 aliphatic heterocycles. The van der Waals surface area contributed by atoms with E-state index < -0.39 is 11.7 Å². The number of nitrogens with one attached hydrogen (secondary N) is 2. The second kappa shape index (κ2) is 4.85. The minimum Gasteiger partial charge on any atom is -0.465 e. The molecular weight excluding hydrogens is 260 g/mol. The highest BCUT2D eigenvalue weighted by Gasteiger charge is 2.27. The number of aromatic amines is 1. The predicted molar refractivity (Wildman–Crippen MR) is 66.4 cm³/mol. The normalized spacial score (nSPS) is 19.0. The molecule has 7 nitrogen and oxygen atoms in total. The molecule has 3 N–H and O–H groups in total. The molecule has 1 fully saturated rings. The first-order valence-corrected chi connectivity index (χ1v) is 5.86. The summed E-state index contributed by atoms with van der Waals surface area (Å²) in [4.78, 5) is 23.9. The Bertz CT molecular complexity index is 530. The zero-order valence-electron chi connectivity index (χ0n) is 9.73. The van der Waals surface area contributed by atoms with Gasteiger partial charge in [-0.2, -0.15) is 5.10 Å². The Balaban J connectivity index is 2.22. The Hall–Kier alpha value is -1.76. The lowest BCUT2D eigenvalue weighted by Gasteiger charge is -2.20. The van der Waals surface area contributed by atoms with Gasteiger partial charge in [0.25, 0.3) is 5.56 Å². The van der Waals surface area contributed by atoms with E-state index in [2.05, 4.69) is 15.5 Å². The van der Waals surface area contributed by atoms with Gasteiger partial charge in [-0.1, -0.05) is 11.6 Å². The molecule has 0 aromatic carbocycles. The van der Waals surface area contributed by atoms with E-state index in [1.807, 2.05) is 4.90 Å². The zero-order chi connectivity index (χ0) is 13.3. The molecule has 8 heteroatoms. The lowest BCUT2D eigenvalue weighted by Crippen LogP contribution is -2.36. The van der Waals surface area contributed by atoms with Crippen LogP contribution < -0.4 is 15.8 Å². The summed E-state index contributed by atoms with van der Waals surface area (Å²) < 4.78 is 0. The van der Waals surface area contributed by atoms with Crippen LogP contribution in [0.2, 0.25) is 5.02 Å². The maximum absolute atomic E-state index is 11.4. The Morgan fingerprint density at radius 1 is 1.67 bits per heavy atom. The van der Waals surface area contributed by atoms with E-state index in [1.165, 1.54) is 0 Å². The number of rotatable bonds is 2. The third-order valence-corrected chi connectivity index (χ3v) is 3.26. The molecule has 0 bridgehead atoms. The predicted octanol–water partition coefficient (Wildman–Crippen LogP) is 0.578. The minimum atomic E-state index is -1.05. The van der Waals surface area contributed by atoms with Crippen molar-refractivity contribution in [1.82, 2.24) is 15.5 Å². The van der Waals surface area contributed by atoms with E-state index in [9.17, 15) is 9.59 Å². The van der Waals surface area contributed by atoms with Crippen LogP contribution in [0.25, 0.3) is 0 Å². The third-order valence-electron chi connectivity index (χ3n) is 2.91. The van der Waals surface area contributed by atoms with Crippen molar-refractivity contribution in [2.75, 3.05) is 18.0 Å². The average molecular weight is 273 g/mol. The third kappa shape index (κ3) is 2.40. The van der Waals surface area contributed by atoms with Crippen molar-refractivity contribution in [1.29, 1.82) is 0 Å². The first-order valence-electron chi connectivity index (χ1n) is 5.48. The maximum Gasteiger partial charge on any atom is 0.404 e. The monoisotopic (exact) mass is 272 g/mol. The zero-order valence-corrected chi connectivity index (χ0v) is 10.5. The summed E-state index contributed by atoms with van der Waals surface area (Å²) >= 11 is 5.97. The van der Waals surface area contributed by atoms with Crippen molar-refractivity contribution in [3.63, 3.8) is 0 Å². The second-order valence-electron chi connectivity index (χ2n) is 4.18. The number of hydrogen-bond donors (Lipinski definition) is 3. The van der Waals surface area contributed by atoms with Gasteiger partial charge < -0.3 is 15.3 Å². The van der Waals surface area contributed by atoms with E-state index in [0.29, 0.717) is 30.9 Å². The van der Waals surface area contributed by atoms with Crippen LogP contribution in [0.4, 0.5) is 10.5 Å². The second-order valence-corrected chi connectivity index (χ2v) is 4.56. The highest BCUT2D eigenvalue weighted by Crippen LogP contribution is 2.27. The number of nitrogens with zero attached hydrogens (tertiary/aromatic N) is 2. The van der Waals surface area contributed by atoms with Gasteiger partial charge in [0.1, 0.15) is 5.02 Å². The average Bonchev–Trinajstić information content (AvgIpc) is 2.71. The van der Waals surface area contributed by atoms with Crippen LogP contribution >= 0.6 is 11.6 Å². The standard InChI is InChI=1S/C10H13ClN4O3/c1-5-8(7(11)9(16)14-13-5)15-3-2-6(4-15)12-10(17)18/h6,12H,2-4H2,1H3,(H,14,16)(H,17,18). The van der Waals surface area contributed by atoms with Crippen molar-refractivity contribution < 1.29 is 9.90 Å². The molecule has 2 heterocycles. The molecule has 0 saturated carbocycles. The molecule has 1 saturated heterocycles. The summed E-state index contributed by atoms with van der Waals surface area (Å²) in [6, 6.07) is -0.155.